The zero-order chi connectivity index (χ0) is 10.6. The lowest BCUT2D eigenvalue weighted by Gasteiger charge is -2.05. The van der Waals surface area contributed by atoms with E-state index >= 15 is 0 Å². The molecule has 14 heavy (non-hydrogen) atoms. The van der Waals surface area contributed by atoms with E-state index in [1.807, 2.05) is 0 Å². The molecule has 0 spiro atoms. The van der Waals surface area contributed by atoms with Crippen LogP contribution in [0.15, 0.2) is 16.5 Å². The molecule has 1 atom stereocenters. The maximum absolute atomic E-state index is 11.0. The van der Waals surface area contributed by atoms with Crippen LogP contribution in [0, 0.1) is 0 Å². The van der Waals surface area contributed by atoms with Crippen LogP contribution in [0.4, 0.5) is 0 Å². The van der Waals surface area contributed by atoms with Gasteiger partial charge in [0.05, 0.1) is 7.11 Å². The first-order valence-electron chi connectivity index (χ1n) is 4.19. The maximum Gasteiger partial charge on any atom is 0.373 e. The summed E-state index contributed by atoms with van der Waals surface area (Å²) in [7, 11) is 2.99. The number of carbonyl (C=O) groups is 1. The van der Waals surface area contributed by atoms with E-state index in [9.17, 15) is 9.90 Å². The molecule has 0 radical (unpaired) electrons. The smallest absolute Gasteiger partial charge is 0.373 e. The first-order chi connectivity index (χ1) is 6.69. The number of methoxy groups -OCH3 is 1. The van der Waals surface area contributed by atoms with Gasteiger partial charge < -0.3 is 19.6 Å². The predicted octanol–water partition coefficient (Wildman–Crippen LogP) is 0.319. The fraction of sp³-hybridized carbons (Fsp3) is 0.444. The first kappa shape index (κ1) is 10.7. The molecule has 0 saturated carbocycles. The van der Waals surface area contributed by atoms with Crippen LogP contribution < -0.4 is 5.32 Å². The number of nitrogens with one attached hydrogen (secondary N) is 1. The highest BCUT2D eigenvalue weighted by Gasteiger charge is 2.15. The summed E-state index contributed by atoms with van der Waals surface area (Å²) in [4.78, 5) is 11.0. The molecular weight excluding hydrogens is 186 g/mol. The zero-order valence-corrected chi connectivity index (χ0v) is 8.11. The standard InChI is InChI=1S/C9H13NO4/c1-10-5-6(11)7-3-4-8(14-7)9(12)13-2/h3-4,6,10-11H,5H2,1-2H3. The second kappa shape index (κ2) is 4.78. The third kappa shape index (κ3) is 2.34. The number of aliphatic hydroxyl groups is 1. The van der Waals surface area contributed by atoms with Gasteiger partial charge >= 0.3 is 5.97 Å². The Labute approximate surface area is 81.7 Å². The molecule has 0 aliphatic heterocycles. The fourth-order valence-corrected chi connectivity index (χ4v) is 1.04. The number of aliphatic hydroxyl groups excluding tert-OH is 1. The highest BCUT2D eigenvalue weighted by Crippen LogP contribution is 2.16. The Morgan fingerprint density at radius 2 is 2.43 bits per heavy atom. The topological polar surface area (TPSA) is 71.7 Å². The van der Waals surface area contributed by atoms with Crippen molar-refractivity contribution in [3.05, 3.63) is 23.7 Å². The molecule has 1 unspecified atom stereocenters. The summed E-state index contributed by atoms with van der Waals surface area (Å²) in [6.07, 6.45) is -0.751. The van der Waals surface area contributed by atoms with Gasteiger partial charge in [0.2, 0.25) is 5.76 Å². The number of hydrogen-bond donors (Lipinski definition) is 2. The van der Waals surface area contributed by atoms with E-state index in [-0.39, 0.29) is 5.76 Å². The van der Waals surface area contributed by atoms with Crippen LogP contribution >= 0.6 is 0 Å². The third-order valence-electron chi connectivity index (χ3n) is 1.74. The van der Waals surface area contributed by atoms with E-state index in [4.69, 9.17) is 4.42 Å². The number of carbonyl (C=O) groups excluding carboxylic acids is 1. The largest absolute Gasteiger partial charge is 0.463 e. The molecule has 1 aromatic heterocycles. The van der Waals surface area contributed by atoms with Gasteiger partial charge in [-0.15, -0.1) is 0 Å². The van der Waals surface area contributed by atoms with E-state index in [2.05, 4.69) is 10.1 Å². The predicted molar refractivity (Wildman–Crippen MR) is 48.9 cm³/mol. The van der Waals surface area contributed by atoms with Crippen LogP contribution in [0.3, 0.4) is 0 Å². The highest BCUT2D eigenvalue weighted by molar-refractivity contribution is 5.86. The summed E-state index contributed by atoms with van der Waals surface area (Å²) < 4.78 is 9.55. The molecule has 0 aliphatic rings. The monoisotopic (exact) mass is 199 g/mol. The van der Waals surface area contributed by atoms with Crippen LogP contribution in [-0.4, -0.2) is 31.8 Å². The lowest BCUT2D eigenvalue weighted by molar-refractivity contribution is 0.0555. The van der Waals surface area contributed by atoms with Gasteiger partial charge in [-0.1, -0.05) is 0 Å². The van der Waals surface area contributed by atoms with Crippen molar-refractivity contribution in [2.75, 3.05) is 20.7 Å². The van der Waals surface area contributed by atoms with E-state index in [0.717, 1.165) is 0 Å². The highest BCUT2D eigenvalue weighted by atomic mass is 16.5. The summed E-state index contributed by atoms with van der Waals surface area (Å²) in [6.45, 7) is 0.369. The molecule has 5 heteroatoms. The van der Waals surface area contributed by atoms with Gasteiger partial charge in [-0.3, -0.25) is 0 Å². The second-order valence-electron chi connectivity index (χ2n) is 2.77. The zero-order valence-electron chi connectivity index (χ0n) is 8.11. The van der Waals surface area contributed by atoms with Gasteiger partial charge in [0, 0.05) is 6.54 Å². The fourth-order valence-electron chi connectivity index (χ4n) is 1.04. The number of hydrogen-bond acceptors (Lipinski definition) is 5. The van der Waals surface area contributed by atoms with Crippen LogP contribution in [-0.2, 0) is 4.74 Å². The molecule has 78 valence electrons. The minimum atomic E-state index is -0.751. The van der Waals surface area contributed by atoms with Gasteiger partial charge in [0.15, 0.2) is 0 Å². The molecule has 0 saturated heterocycles. The molecule has 5 nitrogen and oxygen atoms in total. The lowest BCUT2D eigenvalue weighted by atomic mass is 10.3. The molecule has 1 aromatic rings. The van der Waals surface area contributed by atoms with Crippen molar-refractivity contribution >= 4 is 5.97 Å². The molecule has 0 aromatic carbocycles. The number of ether oxygens (including phenoxy) is 1. The minimum absolute atomic E-state index is 0.0950. The lowest BCUT2D eigenvalue weighted by Crippen LogP contribution is -2.16. The van der Waals surface area contributed by atoms with Crippen molar-refractivity contribution < 1.29 is 19.1 Å². The minimum Gasteiger partial charge on any atom is -0.463 e. The van der Waals surface area contributed by atoms with Gasteiger partial charge in [0.25, 0.3) is 0 Å². The summed E-state index contributed by atoms with van der Waals surface area (Å²) in [6, 6.07) is 3.02. The average molecular weight is 199 g/mol. The summed E-state index contributed by atoms with van der Waals surface area (Å²) in [5.74, 6) is -0.106. The van der Waals surface area contributed by atoms with E-state index in [0.29, 0.717) is 12.3 Å². The normalized spacial score (nSPS) is 12.5. The van der Waals surface area contributed by atoms with Gasteiger partial charge in [-0.2, -0.15) is 0 Å². The van der Waals surface area contributed by atoms with E-state index in [1.54, 1.807) is 13.1 Å². The third-order valence-corrected chi connectivity index (χ3v) is 1.74. The summed E-state index contributed by atoms with van der Waals surface area (Å²) in [5, 5.41) is 12.3. The van der Waals surface area contributed by atoms with E-state index in [1.165, 1.54) is 13.2 Å². The van der Waals surface area contributed by atoms with Crippen molar-refractivity contribution in [3.8, 4) is 0 Å². The van der Waals surface area contributed by atoms with Gasteiger partial charge in [-0.25, -0.2) is 4.79 Å². The average Bonchev–Trinajstić information content (AvgIpc) is 2.66. The Hall–Kier alpha value is -1.33. The van der Waals surface area contributed by atoms with Crippen molar-refractivity contribution in [1.82, 2.24) is 5.32 Å². The SMILES string of the molecule is CNCC(O)c1ccc(C(=O)OC)o1. The van der Waals surface area contributed by atoms with E-state index < -0.39 is 12.1 Å². The van der Waals surface area contributed by atoms with Crippen molar-refractivity contribution in [3.63, 3.8) is 0 Å². The maximum atomic E-state index is 11.0. The van der Waals surface area contributed by atoms with Crippen molar-refractivity contribution in [2.24, 2.45) is 0 Å². The van der Waals surface area contributed by atoms with Crippen LogP contribution in [0.25, 0.3) is 0 Å². The molecule has 0 aliphatic carbocycles. The Balaban J connectivity index is 2.72. The number of rotatable bonds is 4. The van der Waals surface area contributed by atoms with Crippen LogP contribution in [0.1, 0.15) is 22.4 Å². The number of furan rings is 1. The van der Waals surface area contributed by atoms with Gasteiger partial charge in [-0.05, 0) is 19.2 Å². The summed E-state index contributed by atoms with van der Waals surface area (Å²) in [5.41, 5.74) is 0. The Morgan fingerprint density at radius 3 is 3.00 bits per heavy atom. The van der Waals surface area contributed by atoms with Crippen LogP contribution in [0.2, 0.25) is 0 Å². The molecule has 0 amide bonds. The Bertz CT molecular complexity index is 308. The molecule has 2 N–H and O–H groups in total. The molecule has 1 heterocycles. The van der Waals surface area contributed by atoms with Crippen molar-refractivity contribution in [2.45, 2.75) is 6.10 Å². The molecule has 0 fully saturated rings. The van der Waals surface area contributed by atoms with Crippen LogP contribution in [0.5, 0.6) is 0 Å². The van der Waals surface area contributed by atoms with Crippen molar-refractivity contribution in [1.29, 1.82) is 0 Å². The Morgan fingerprint density at radius 1 is 1.71 bits per heavy atom. The quantitative estimate of drug-likeness (QED) is 0.683. The molecule has 0 bridgehead atoms. The van der Waals surface area contributed by atoms with Gasteiger partial charge in [0.1, 0.15) is 11.9 Å². The first-order valence-corrected chi connectivity index (χ1v) is 4.19. The molecular formula is C9H13NO4. The number of likely N-dealkylation sites (N-methyl/N-ethyl adjacent to an activating group) is 1. The second-order valence-corrected chi connectivity index (χ2v) is 2.77. The molecule has 1 rings (SSSR count). The Kier molecular flexibility index (Phi) is 3.67. The summed E-state index contributed by atoms with van der Waals surface area (Å²) >= 11 is 0. The number of esters is 1.